The highest BCUT2D eigenvalue weighted by molar-refractivity contribution is 5.15. The topological polar surface area (TPSA) is 38.5 Å². The number of piperidine rings is 1. The van der Waals surface area contributed by atoms with Gasteiger partial charge in [-0.15, -0.1) is 0 Å². The van der Waals surface area contributed by atoms with Gasteiger partial charge in [-0.05, 0) is 57.5 Å². The fourth-order valence-electron chi connectivity index (χ4n) is 4.98. The van der Waals surface area contributed by atoms with Gasteiger partial charge in [0.15, 0.2) is 0 Å². The number of nitrogens with zero attached hydrogens (tertiary/aromatic N) is 1. The van der Waals surface area contributed by atoms with Crippen molar-refractivity contribution in [1.82, 2.24) is 4.90 Å². The Hall–Kier alpha value is -0.120. The van der Waals surface area contributed by atoms with Gasteiger partial charge in [0.25, 0.3) is 0 Å². The second kappa shape index (κ2) is 5.50. The molecule has 122 valence electrons. The molecule has 3 rings (SSSR count). The summed E-state index contributed by atoms with van der Waals surface area (Å²) >= 11 is 0. The van der Waals surface area contributed by atoms with Gasteiger partial charge in [-0.1, -0.05) is 26.7 Å². The third-order valence-corrected chi connectivity index (χ3v) is 7.09. The third kappa shape index (κ3) is 2.66. The van der Waals surface area contributed by atoms with Gasteiger partial charge in [-0.25, -0.2) is 0 Å². The fraction of sp³-hybridized carbons (Fsp3) is 1.00. The summed E-state index contributed by atoms with van der Waals surface area (Å²) in [6, 6.07) is 0. The van der Waals surface area contributed by atoms with Crippen molar-refractivity contribution in [2.24, 2.45) is 16.6 Å². The molecule has 0 amide bonds. The SMILES string of the molecule is CCOC1CC(N)(CN2CCC3(CCCC3)CC2)C1(C)C. The molecule has 3 aliphatic rings. The van der Waals surface area contributed by atoms with Crippen LogP contribution in [0.25, 0.3) is 0 Å². The lowest BCUT2D eigenvalue weighted by atomic mass is 9.54. The van der Waals surface area contributed by atoms with Crippen molar-refractivity contribution < 1.29 is 4.74 Å². The number of nitrogens with two attached hydrogens (primary N) is 1. The normalized spacial score (nSPS) is 38.6. The molecule has 2 atom stereocenters. The van der Waals surface area contributed by atoms with E-state index in [0.717, 1.165) is 19.6 Å². The molecule has 2 saturated carbocycles. The van der Waals surface area contributed by atoms with Crippen LogP contribution in [0.2, 0.25) is 0 Å². The zero-order valence-corrected chi connectivity index (χ0v) is 14.3. The van der Waals surface area contributed by atoms with Crippen molar-refractivity contribution in [1.29, 1.82) is 0 Å². The molecule has 21 heavy (non-hydrogen) atoms. The van der Waals surface area contributed by atoms with Crippen LogP contribution in [0.3, 0.4) is 0 Å². The van der Waals surface area contributed by atoms with E-state index in [1.807, 2.05) is 0 Å². The van der Waals surface area contributed by atoms with Crippen molar-refractivity contribution in [2.75, 3.05) is 26.2 Å². The maximum absolute atomic E-state index is 6.76. The first-order valence-corrected chi connectivity index (χ1v) is 9.04. The number of hydrogen-bond acceptors (Lipinski definition) is 3. The van der Waals surface area contributed by atoms with Crippen LogP contribution >= 0.6 is 0 Å². The molecule has 2 N–H and O–H groups in total. The smallest absolute Gasteiger partial charge is 0.0662 e. The number of hydrogen-bond donors (Lipinski definition) is 1. The van der Waals surface area contributed by atoms with E-state index in [4.69, 9.17) is 10.5 Å². The van der Waals surface area contributed by atoms with E-state index >= 15 is 0 Å². The third-order valence-electron chi connectivity index (χ3n) is 7.09. The van der Waals surface area contributed by atoms with Crippen molar-refractivity contribution >= 4 is 0 Å². The predicted octanol–water partition coefficient (Wildman–Crippen LogP) is 3.18. The highest BCUT2D eigenvalue weighted by atomic mass is 16.5. The van der Waals surface area contributed by atoms with Crippen LogP contribution in [0.4, 0.5) is 0 Å². The Morgan fingerprint density at radius 2 is 1.71 bits per heavy atom. The van der Waals surface area contributed by atoms with Crippen molar-refractivity contribution in [3.8, 4) is 0 Å². The second-order valence-electron chi connectivity index (χ2n) is 8.51. The number of likely N-dealkylation sites (tertiary alicyclic amines) is 1. The van der Waals surface area contributed by atoms with Crippen LogP contribution < -0.4 is 5.73 Å². The van der Waals surface area contributed by atoms with Crippen molar-refractivity contribution in [2.45, 2.75) is 77.4 Å². The maximum Gasteiger partial charge on any atom is 0.0662 e. The Balaban J connectivity index is 1.53. The van der Waals surface area contributed by atoms with Gasteiger partial charge in [0.1, 0.15) is 0 Å². The quantitative estimate of drug-likeness (QED) is 0.865. The van der Waals surface area contributed by atoms with Gasteiger partial charge in [0, 0.05) is 24.1 Å². The van der Waals surface area contributed by atoms with Crippen LogP contribution in [0, 0.1) is 10.8 Å². The fourth-order valence-corrected chi connectivity index (χ4v) is 4.98. The minimum atomic E-state index is -0.0625. The maximum atomic E-state index is 6.76. The van der Waals surface area contributed by atoms with Gasteiger partial charge in [0.2, 0.25) is 0 Å². The Labute approximate surface area is 130 Å². The van der Waals surface area contributed by atoms with E-state index in [1.54, 1.807) is 0 Å². The standard InChI is InChI=1S/C18H34N2O/c1-4-21-15-13-18(19,16(15,2)3)14-20-11-9-17(10-12-20)7-5-6-8-17/h15H,4-14,19H2,1-3H3. The largest absolute Gasteiger partial charge is 0.378 e. The summed E-state index contributed by atoms with van der Waals surface area (Å²) in [7, 11) is 0. The second-order valence-corrected chi connectivity index (χ2v) is 8.51. The lowest BCUT2D eigenvalue weighted by molar-refractivity contribution is -0.158. The zero-order valence-electron chi connectivity index (χ0n) is 14.3. The summed E-state index contributed by atoms with van der Waals surface area (Å²) in [6.45, 7) is 11.0. The minimum Gasteiger partial charge on any atom is -0.378 e. The molecule has 3 nitrogen and oxygen atoms in total. The molecule has 1 heterocycles. The first-order chi connectivity index (χ1) is 9.91. The van der Waals surface area contributed by atoms with E-state index < -0.39 is 0 Å². The molecule has 0 aromatic rings. The van der Waals surface area contributed by atoms with E-state index in [-0.39, 0.29) is 11.0 Å². The Bertz CT molecular complexity index is 365. The molecule has 0 aromatic carbocycles. The molecule has 3 heteroatoms. The highest BCUT2D eigenvalue weighted by Gasteiger charge is 2.59. The van der Waals surface area contributed by atoms with Crippen LogP contribution in [-0.2, 0) is 4.74 Å². The van der Waals surface area contributed by atoms with Gasteiger partial charge < -0.3 is 15.4 Å². The summed E-state index contributed by atoms with van der Waals surface area (Å²) in [4.78, 5) is 2.63. The summed E-state index contributed by atoms with van der Waals surface area (Å²) in [6.07, 6.45) is 10.1. The lowest BCUT2D eigenvalue weighted by Gasteiger charge is -2.61. The Morgan fingerprint density at radius 3 is 2.24 bits per heavy atom. The number of rotatable bonds is 4. The number of ether oxygens (including phenoxy) is 1. The minimum absolute atomic E-state index is 0.0625. The Kier molecular flexibility index (Phi) is 4.13. The molecule has 1 saturated heterocycles. The average molecular weight is 294 g/mol. The van der Waals surface area contributed by atoms with E-state index in [1.165, 1.54) is 51.6 Å². The van der Waals surface area contributed by atoms with E-state index in [2.05, 4.69) is 25.7 Å². The van der Waals surface area contributed by atoms with Crippen molar-refractivity contribution in [3.63, 3.8) is 0 Å². The van der Waals surface area contributed by atoms with E-state index in [9.17, 15) is 0 Å². The van der Waals surface area contributed by atoms with Crippen LogP contribution in [0.15, 0.2) is 0 Å². The molecule has 0 bridgehead atoms. The van der Waals surface area contributed by atoms with Gasteiger partial charge in [0.05, 0.1) is 6.10 Å². The molecular weight excluding hydrogens is 260 g/mol. The first-order valence-electron chi connectivity index (χ1n) is 9.04. The van der Waals surface area contributed by atoms with Crippen LogP contribution in [0.5, 0.6) is 0 Å². The summed E-state index contributed by atoms with van der Waals surface area (Å²) in [5.41, 5.74) is 7.51. The molecule has 2 unspecified atom stereocenters. The van der Waals surface area contributed by atoms with Crippen LogP contribution in [0.1, 0.15) is 65.7 Å². The lowest BCUT2D eigenvalue weighted by Crippen LogP contribution is -2.73. The molecular formula is C18H34N2O. The molecule has 2 aliphatic carbocycles. The highest BCUT2D eigenvalue weighted by Crippen LogP contribution is 2.51. The molecule has 1 spiro atoms. The average Bonchev–Trinajstić information content (AvgIpc) is 2.90. The zero-order chi connectivity index (χ0) is 15.1. The predicted molar refractivity (Wildman–Crippen MR) is 87.3 cm³/mol. The van der Waals surface area contributed by atoms with Crippen molar-refractivity contribution in [3.05, 3.63) is 0 Å². The van der Waals surface area contributed by atoms with E-state index in [0.29, 0.717) is 11.5 Å². The van der Waals surface area contributed by atoms with Gasteiger partial charge in [-0.2, -0.15) is 0 Å². The molecule has 0 aromatic heterocycles. The Morgan fingerprint density at radius 1 is 1.10 bits per heavy atom. The van der Waals surface area contributed by atoms with Crippen LogP contribution in [-0.4, -0.2) is 42.8 Å². The molecule has 1 aliphatic heterocycles. The molecule has 0 radical (unpaired) electrons. The summed E-state index contributed by atoms with van der Waals surface area (Å²) < 4.78 is 5.86. The summed E-state index contributed by atoms with van der Waals surface area (Å²) in [5, 5.41) is 0. The van der Waals surface area contributed by atoms with Gasteiger partial charge >= 0.3 is 0 Å². The monoisotopic (exact) mass is 294 g/mol. The van der Waals surface area contributed by atoms with Gasteiger partial charge in [-0.3, -0.25) is 0 Å². The first kappa shape index (κ1) is 15.8. The molecule has 3 fully saturated rings. The summed E-state index contributed by atoms with van der Waals surface area (Å²) in [5.74, 6) is 0.